The molecule has 0 atom stereocenters. The van der Waals surface area contributed by atoms with E-state index in [2.05, 4.69) is 10.1 Å². The van der Waals surface area contributed by atoms with Crippen molar-refractivity contribution < 1.29 is 23.8 Å². The number of hydrogen-bond donors (Lipinski definition) is 1. The molecule has 1 N–H and O–H groups in total. The van der Waals surface area contributed by atoms with Crippen LogP contribution in [0.2, 0.25) is 0 Å². The van der Waals surface area contributed by atoms with Gasteiger partial charge in [0.25, 0.3) is 5.91 Å². The quantitative estimate of drug-likeness (QED) is 0.854. The summed E-state index contributed by atoms with van der Waals surface area (Å²) in [6, 6.07) is 9.80. The largest absolute Gasteiger partial charge is 0.496 e. The van der Waals surface area contributed by atoms with E-state index in [1.165, 1.54) is 20.3 Å². The first-order valence-corrected chi connectivity index (χ1v) is 7.22. The predicted molar refractivity (Wildman–Crippen MR) is 90.0 cm³/mol. The van der Waals surface area contributed by atoms with Gasteiger partial charge in [-0.25, -0.2) is 4.79 Å². The molecule has 0 heterocycles. The van der Waals surface area contributed by atoms with Gasteiger partial charge in [-0.3, -0.25) is 4.79 Å². The molecule has 2 aromatic carbocycles. The van der Waals surface area contributed by atoms with E-state index in [1.807, 2.05) is 6.92 Å². The highest BCUT2D eigenvalue weighted by molar-refractivity contribution is 6.06. The van der Waals surface area contributed by atoms with E-state index < -0.39 is 5.97 Å². The summed E-state index contributed by atoms with van der Waals surface area (Å²) >= 11 is 0. The molecule has 0 aliphatic heterocycles. The van der Waals surface area contributed by atoms with Crippen LogP contribution >= 0.6 is 0 Å². The average Bonchev–Trinajstić information content (AvgIpc) is 2.60. The van der Waals surface area contributed by atoms with Gasteiger partial charge in [0.15, 0.2) is 0 Å². The van der Waals surface area contributed by atoms with Gasteiger partial charge < -0.3 is 19.5 Å². The molecule has 24 heavy (non-hydrogen) atoms. The Labute approximate surface area is 140 Å². The van der Waals surface area contributed by atoms with E-state index >= 15 is 0 Å². The molecular weight excluding hydrogens is 310 g/mol. The van der Waals surface area contributed by atoms with Crippen LogP contribution in [0, 0.1) is 6.92 Å². The minimum atomic E-state index is -0.492. The van der Waals surface area contributed by atoms with Crippen molar-refractivity contribution in [1.29, 1.82) is 0 Å². The first-order chi connectivity index (χ1) is 11.5. The summed E-state index contributed by atoms with van der Waals surface area (Å²) in [7, 11) is 4.36. The van der Waals surface area contributed by atoms with Gasteiger partial charge in [0.05, 0.1) is 32.6 Å². The van der Waals surface area contributed by atoms with Crippen molar-refractivity contribution in [2.24, 2.45) is 0 Å². The fraction of sp³-hybridized carbons (Fsp3) is 0.222. The molecule has 0 fully saturated rings. The fourth-order valence-electron chi connectivity index (χ4n) is 2.26. The zero-order valence-electron chi connectivity index (χ0n) is 14.0. The van der Waals surface area contributed by atoms with Gasteiger partial charge in [-0.1, -0.05) is 0 Å². The van der Waals surface area contributed by atoms with Crippen LogP contribution < -0.4 is 14.8 Å². The Morgan fingerprint density at radius 1 is 0.875 bits per heavy atom. The van der Waals surface area contributed by atoms with Crippen molar-refractivity contribution in [3.05, 3.63) is 53.1 Å². The van der Waals surface area contributed by atoms with Gasteiger partial charge in [-0.05, 0) is 48.9 Å². The number of esters is 1. The number of nitrogens with one attached hydrogen (secondary N) is 1. The van der Waals surface area contributed by atoms with E-state index in [4.69, 9.17) is 9.47 Å². The third kappa shape index (κ3) is 3.65. The highest BCUT2D eigenvalue weighted by Crippen LogP contribution is 2.27. The summed E-state index contributed by atoms with van der Waals surface area (Å²) < 4.78 is 15.1. The molecule has 2 aromatic rings. The maximum Gasteiger partial charge on any atom is 0.337 e. The molecule has 0 radical (unpaired) electrons. The molecule has 126 valence electrons. The van der Waals surface area contributed by atoms with Crippen molar-refractivity contribution in [3.8, 4) is 11.5 Å². The van der Waals surface area contributed by atoms with E-state index in [0.29, 0.717) is 28.3 Å². The molecular formula is C18H19NO5. The third-order valence-electron chi connectivity index (χ3n) is 3.53. The second-order valence-electron chi connectivity index (χ2n) is 5.05. The minimum Gasteiger partial charge on any atom is -0.496 e. The van der Waals surface area contributed by atoms with E-state index in [0.717, 1.165) is 5.56 Å². The van der Waals surface area contributed by atoms with Gasteiger partial charge in [-0.15, -0.1) is 0 Å². The van der Waals surface area contributed by atoms with Gasteiger partial charge in [0, 0.05) is 5.56 Å². The minimum absolute atomic E-state index is 0.318. The van der Waals surface area contributed by atoms with Crippen LogP contribution in [-0.2, 0) is 4.74 Å². The smallest absolute Gasteiger partial charge is 0.337 e. The molecule has 2 rings (SSSR count). The van der Waals surface area contributed by atoms with Gasteiger partial charge in [-0.2, -0.15) is 0 Å². The number of benzene rings is 2. The van der Waals surface area contributed by atoms with Crippen LogP contribution in [0.15, 0.2) is 36.4 Å². The Balaban J connectivity index is 2.30. The number of carbonyl (C=O) groups is 2. The second kappa shape index (κ2) is 7.50. The molecule has 0 aromatic heterocycles. The Morgan fingerprint density at radius 3 is 2.08 bits per heavy atom. The Bertz CT molecular complexity index is 770. The van der Waals surface area contributed by atoms with Gasteiger partial charge >= 0.3 is 5.97 Å². The highest BCUT2D eigenvalue weighted by atomic mass is 16.5. The van der Waals surface area contributed by atoms with Crippen LogP contribution in [0.25, 0.3) is 0 Å². The highest BCUT2D eigenvalue weighted by Gasteiger charge is 2.14. The number of carbonyl (C=O) groups excluding carboxylic acids is 2. The van der Waals surface area contributed by atoms with Crippen molar-refractivity contribution in [1.82, 2.24) is 0 Å². The molecule has 0 aliphatic rings. The zero-order valence-corrected chi connectivity index (χ0v) is 14.0. The van der Waals surface area contributed by atoms with E-state index in [1.54, 1.807) is 37.4 Å². The maximum atomic E-state index is 12.5. The van der Waals surface area contributed by atoms with Crippen molar-refractivity contribution in [2.45, 2.75) is 6.92 Å². The Kier molecular flexibility index (Phi) is 5.42. The SMILES string of the molecule is COC(=O)c1ccc(OC)c(NC(=O)c2ccc(OC)c(C)c2)c1. The molecule has 0 aliphatic carbocycles. The van der Waals surface area contributed by atoms with Crippen LogP contribution in [0.1, 0.15) is 26.3 Å². The van der Waals surface area contributed by atoms with Gasteiger partial charge in [0.2, 0.25) is 0 Å². The predicted octanol–water partition coefficient (Wildman–Crippen LogP) is 3.05. The average molecular weight is 329 g/mol. The molecule has 1 amide bonds. The van der Waals surface area contributed by atoms with Gasteiger partial charge in [0.1, 0.15) is 11.5 Å². The van der Waals surface area contributed by atoms with Crippen molar-refractivity contribution in [2.75, 3.05) is 26.6 Å². The number of hydrogen-bond acceptors (Lipinski definition) is 5. The topological polar surface area (TPSA) is 73.9 Å². The number of rotatable bonds is 5. The van der Waals surface area contributed by atoms with E-state index in [-0.39, 0.29) is 5.91 Å². The first kappa shape index (κ1) is 17.3. The summed E-state index contributed by atoms with van der Waals surface area (Å²) in [5.41, 5.74) is 2.03. The molecule has 0 unspecified atom stereocenters. The number of aryl methyl sites for hydroxylation is 1. The molecule has 0 saturated carbocycles. The summed E-state index contributed by atoms with van der Waals surface area (Å²) in [6.45, 7) is 1.86. The van der Waals surface area contributed by atoms with Crippen LogP contribution in [0.4, 0.5) is 5.69 Å². The number of anilines is 1. The zero-order chi connectivity index (χ0) is 17.7. The summed E-state index contributed by atoms with van der Waals surface area (Å²) in [4.78, 5) is 24.1. The lowest BCUT2D eigenvalue weighted by atomic mass is 10.1. The van der Waals surface area contributed by atoms with Crippen molar-refractivity contribution >= 4 is 17.6 Å². The molecule has 6 heteroatoms. The second-order valence-corrected chi connectivity index (χ2v) is 5.05. The number of amides is 1. The summed E-state index contributed by atoms with van der Waals surface area (Å²) in [5.74, 6) is 0.340. The molecule has 0 bridgehead atoms. The summed E-state index contributed by atoms with van der Waals surface area (Å²) in [6.07, 6.45) is 0. The maximum absolute atomic E-state index is 12.5. The first-order valence-electron chi connectivity index (χ1n) is 7.22. The fourth-order valence-corrected chi connectivity index (χ4v) is 2.26. The lowest BCUT2D eigenvalue weighted by Gasteiger charge is -2.12. The standard InChI is InChI=1S/C18H19NO5/c1-11-9-12(5-7-15(11)22-2)17(20)19-14-10-13(18(21)24-4)6-8-16(14)23-3/h5-10H,1-4H3,(H,19,20). The Morgan fingerprint density at radius 2 is 1.50 bits per heavy atom. The Hall–Kier alpha value is -3.02. The summed E-state index contributed by atoms with van der Waals surface area (Å²) in [5, 5.41) is 2.75. The third-order valence-corrected chi connectivity index (χ3v) is 3.53. The monoisotopic (exact) mass is 329 g/mol. The van der Waals surface area contributed by atoms with Crippen LogP contribution in [-0.4, -0.2) is 33.2 Å². The molecule has 0 spiro atoms. The number of ether oxygens (including phenoxy) is 3. The lowest BCUT2D eigenvalue weighted by Crippen LogP contribution is -2.14. The molecule has 0 saturated heterocycles. The normalized spacial score (nSPS) is 10.0. The van der Waals surface area contributed by atoms with Crippen LogP contribution in [0.3, 0.4) is 0 Å². The van der Waals surface area contributed by atoms with Crippen molar-refractivity contribution in [3.63, 3.8) is 0 Å². The number of methoxy groups -OCH3 is 3. The van der Waals surface area contributed by atoms with Crippen LogP contribution in [0.5, 0.6) is 11.5 Å². The molecule has 6 nitrogen and oxygen atoms in total. The van der Waals surface area contributed by atoms with E-state index in [9.17, 15) is 9.59 Å². The lowest BCUT2D eigenvalue weighted by molar-refractivity contribution is 0.0600.